The van der Waals surface area contributed by atoms with Crippen LogP contribution in [0.2, 0.25) is 0 Å². The number of morpholine rings is 1. The Balaban J connectivity index is 2.40. The Kier molecular flexibility index (Phi) is 3.60. The second-order valence-electron chi connectivity index (χ2n) is 3.70. The molecule has 0 amide bonds. The number of nitrogens with one attached hydrogen (secondary N) is 1. The maximum atomic E-state index is 10.8. The van der Waals surface area contributed by atoms with Crippen molar-refractivity contribution in [2.24, 2.45) is 0 Å². The highest BCUT2D eigenvalue weighted by Crippen LogP contribution is 2.36. The molecule has 1 saturated heterocycles. The first-order valence-electron chi connectivity index (χ1n) is 5.07. The molecule has 0 aliphatic carbocycles. The van der Waals surface area contributed by atoms with E-state index in [0.29, 0.717) is 29.8 Å². The summed E-state index contributed by atoms with van der Waals surface area (Å²) in [5, 5.41) is 23.8. The van der Waals surface area contributed by atoms with Crippen molar-refractivity contribution in [3.8, 4) is 5.75 Å². The summed E-state index contributed by atoms with van der Waals surface area (Å²) < 4.78 is 5.59. The highest BCUT2D eigenvalue weighted by Gasteiger charge is 2.23. The van der Waals surface area contributed by atoms with E-state index in [9.17, 15) is 15.2 Å². The van der Waals surface area contributed by atoms with Gasteiger partial charge in [-0.3, -0.25) is 10.1 Å². The predicted molar refractivity (Wildman–Crippen MR) is 64.0 cm³/mol. The van der Waals surface area contributed by atoms with Gasteiger partial charge in [0.15, 0.2) is 0 Å². The summed E-state index contributed by atoms with van der Waals surface area (Å²) in [6.07, 6.45) is 0. The molecule has 0 radical (unpaired) electrons. The van der Waals surface area contributed by atoms with E-state index in [-0.39, 0.29) is 17.5 Å². The molecule has 17 heavy (non-hydrogen) atoms. The van der Waals surface area contributed by atoms with Crippen LogP contribution >= 0.6 is 15.9 Å². The summed E-state index contributed by atoms with van der Waals surface area (Å²) >= 11 is 3.11. The van der Waals surface area contributed by atoms with Gasteiger partial charge in [0.25, 0.3) is 5.69 Å². The molecule has 1 aromatic rings. The summed E-state index contributed by atoms with van der Waals surface area (Å²) in [5.41, 5.74) is 0.419. The molecule has 1 aliphatic rings. The van der Waals surface area contributed by atoms with Gasteiger partial charge in [-0.1, -0.05) is 0 Å². The average Bonchev–Trinajstić information content (AvgIpc) is 2.33. The molecule has 0 aromatic heterocycles. The minimum atomic E-state index is -0.489. The first-order valence-corrected chi connectivity index (χ1v) is 5.87. The Morgan fingerprint density at radius 3 is 2.94 bits per heavy atom. The van der Waals surface area contributed by atoms with Crippen LogP contribution in [0.1, 0.15) is 11.6 Å². The van der Waals surface area contributed by atoms with Crippen molar-refractivity contribution in [3.05, 3.63) is 32.3 Å². The van der Waals surface area contributed by atoms with Crippen LogP contribution in [0.4, 0.5) is 5.69 Å². The first kappa shape index (κ1) is 12.3. The minimum Gasteiger partial charge on any atom is -0.506 e. The standard InChI is InChI=1S/C10H11BrN2O4/c11-8-4-6(13(15)16)3-7(10(8)14)9-5-17-2-1-12-9/h3-4,9,12,14H,1-2,5H2/t9-/m1/s1. The first-order chi connectivity index (χ1) is 8.09. The van der Waals surface area contributed by atoms with Gasteiger partial charge in [0.2, 0.25) is 0 Å². The molecular formula is C10H11BrN2O4. The van der Waals surface area contributed by atoms with Gasteiger partial charge < -0.3 is 15.2 Å². The van der Waals surface area contributed by atoms with Gasteiger partial charge in [0.1, 0.15) is 5.75 Å². The molecule has 1 aromatic carbocycles. The lowest BCUT2D eigenvalue weighted by atomic mass is 10.0. The fourth-order valence-corrected chi connectivity index (χ4v) is 2.21. The number of benzene rings is 1. The van der Waals surface area contributed by atoms with Crippen LogP contribution in [-0.2, 0) is 4.74 Å². The minimum absolute atomic E-state index is 0.0126. The van der Waals surface area contributed by atoms with Crippen molar-refractivity contribution >= 4 is 21.6 Å². The highest BCUT2D eigenvalue weighted by molar-refractivity contribution is 9.10. The lowest BCUT2D eigenvalue weighted by Gasteiger charge is -2.24. The summed E-state index contributed by atoms with van der Waals surface area (Å²) in [6, 6.07) is 2.43. The van der Waals surface area contributed by atoms with Crippen LogP contribution in [-0.4, -0.2) is 29.8 Å². The quantitative estimate of drug-likeness (QED) is 0.642. The third kappa shape index (κ3) is 2.56. The summed E-state index contributed by atoms with van der Waals surface area (Å²) in [6.45, 7) is 1.65. The van der Waals surface area contributed by atoms with Crippen molar-refractivity contribution in [2.45, 2.75) is 6.04 Å². The number of hydrogen-bond acceptors (Lipinski definition) is 5. The molecule has 7 heteroatoms. The van der Waals surface area contributed by atoms with Crippen molar-refractivity contribution < 1.29 is 14.8 Å². The SMILES string of the molecule is O=[N+]([O-])c1cc(Br)c(O)c([C@H]2COCCN2)c1. The van der Waals surface area contributed by atoms with Crippen LogP contribution in [0.3, 0.4) is 0 Å². The Bertz CT molecular complexity index is 446. The van der Waals surface area contributed by atoms with Crippen molar-refractivity contribution in [1.82, 2.24) is 5.32 Å². The molecule has 1 atom stereocenters. The van der Waals surface area contributed by atoms with E-state index >= 15 is 0 Å². The zero-order valence-corrected chi connectivity index (χ0v) is 10.4. The number of ether oxygens (including phenoxy) is 1. The molecule has 1 heterocycles. The summed E-state index contributed by atoms with van der Waals surface area (Å²) in [7, 11) is 0. The lowest BCUT2D eigenvalue weighted by molar-refractivity contribution is -0.385. The maximum Gasteiger partial charge on any atom is 0.271 e. The van der Waals surface area contributed by atoms with Gasteiger partial charge in [-0.2, -0.15) is 0 Å². The van der Waals surface area contributed by atoms with Crippen molar-refractivity contribution in [3.63, 3.8) is 0 Å². The molecule has 0 unspecified atom stereocenters. The number of aromatic hydroxyl groups is 1. The Morgan fingerprint density at radius 1 is 1.59 bits per heavy atom. The van der Waals surface area contributed by atoms with Crippen LogP contribution < -0.4 is 5.32 Å². The van der Waals surface area contributed by atoms with Crippen LogP contribution in [0.5, 0.6) is 5.75 Å². The second-order valence-corrected chi connectivity index (χ2v) is 4.56. The number of halogens is 1. The van der Waals surface area contributed by atoms with E-state index in [1.165, 1.54) is 12.1 Å². The smallest absolute Gasteiger partial charge is 0.271 e. The Hall–Kier alpha value is -1.18. The van der Waals surface area contributed by atoms with Crippen LogP contribution in [0.15, 0.2) is 16.6 Å². The van der Waals surface area contributed by atoms with E-state index < -0.39 is 4.92 Å². The molecule has 0 bridgehead atoms. The van der Waals surface area contributed by atoms with E-state index in [1.54, 1.807) is 0 Å². The fraction of sp³-hybridized carbons (Fsp3) is 0.400. The fourth-order valence-electron chi connectivity index (χ4n) is 1.74. The van der Waals surface area contributed by atoms with Crippen LogP contribution in [0.25, 0.3) is 0 Å². The molecular weight excluding hydrogens is 292 g/mol. The predicted octanol–water partition coefficient (Wildman–Crippen LogP) is 1.72. The van der Waals surface area contributed by atoms with E-state index in [4.69, 9.17) is 4.74 Å². The number of hydrogen-bond donors (Lipinski definition) is 2. The van der Waals surface area contributed by atoms with Gasteiger partial charge in [-0.25, -0.2) is 0 Å². The third-order valence-corrected chi connectivity index (χ3v) is 3.19. The number of nitrogens with zero attached hydrogens (tertiary/aromatic N) is 1. The maximum absolute atomic E-state index is 10.8. The topological polar surface area (TPSA) is 84.6 Å². The Labute approximate surface area is 106 Å². The molecule has 92 valence electrons. The number of rotatable bonds is 2. The summed E-state index contributed by atoms with van der Waals surface area (Å²) in [4.78, 5) is 10.3. The van der Waals surface area contributed by atoms with E-state index in [0.717, 1.165) is 0 Å². The monoisotopic (exact) mass is 302 g/mol. The largest absolute Gasteiger partial charge is 0.506 e. The van der Waals surface area contributed by atoms with Crippen molar-refractivity contribution in [2.75, 3.05) is 19.8 Å². The average molecular weight is 303 g/mol. The molecule has 6 nitrogen and oxygen atoms in total. The van der Waals surface area contributed by atoms with E-state index in [1.807, 2.05) is 0 Å². The molecule has 2 N–H and O–H groups in total. The second kappa shape index (κ2) is 4.99. The lowest BCUT2D eigenvalue weighted by Crippen LogP contribution is -2.34. The molecule has 0 saturated carbocycles. The molecule has 1 fully saturated rings. The van der Waals surface area contributed by atoms with E-state index in [2.05, 4.69) is 21.2 Å². The number of nitro benzene ring substituents is 1. The number of phenolic OH excluding ortho intramolecular Hbond substituents is 1. The van der Waals surface area contributed by atoms with Gasteiger partial charge >= 0.3 is 0 Å². The highest BCUT2D eigenvalue weighted by atomic mass is 79.9. The number of nitro groups is 1. The normalized spacial score (nSPS) is 20.2. The van der Waals surface area contributed by atoms with Gasteiger partial charge in [0.05, 0.1) is 28.7 Å². The third-order valence-electron chi connectivity index (χ3n) is 2.59. The van der Waals surface area contributed by atoms with Gasteiger partial charge in [-0.15, -0.1) is 0 Å². The number of non-ortho nitro benzene ring substituents is 1. The molecule has 1 aliphatic heterocycles. The number of phenols is 1. The molecule has 2 rings (SSSR count). The van der Waals surface area contributed by atoms with Crippen molar-refractivity contribution in [1.29, 1.82) is 0 Å². The van der Waals surface area contributed by atoms with Gasteiger partial charge in [-0.05, 0) is 15.9 Å². The Morgan fingerprint density at radius 2 is 2.35 bits per heavy atom. The van der Waals surface area contributed by atoms with Crippen LogP contribution in [0, 0.1) is 10.1 Å². The summed E-state index contributed by atoms with van der Waals surface area (Å²) in [5.74, 6) is 0.0126. The zero-order chi connectivity index (χ0) is 12.4. The van der Waals surface area contributed by atoms with Gasteiger partial charge in [0, 0.05) is 24.2 Å². The molecule has 0 spiro atoms. The zero-order valence-electron chi connectivity index (χ0n) is 8.85.